The van der Waals surface area contributed by atoms with Gasteiger partial charge < -0.3 is 10.2 Å². The fourth-order valence-electron chi connectivity index (χ4n) is 2.14. The highest BCUT2D eigenvalue weighted by Gasteiger charge is 2.33. The van der Waals surface area contributed by atoms with Gasteiger partial charge >= 0.3 is 0 Å². The number of nitrogens with one attached hydrogen (secondary N) is 1. The molecule has 0 fully saturated rings. The van der Waals surface area contributed by atoms with Crippen molar-refractivity contribution in [3.8, 4) is 6.07 Å². The van der Waals surface area contributed by atoms with E-state index < -0.39 is 12.0 Å². The van der Waals surface area contributed by atoms with Gasteiger partial charge in [-0.2, -0.15) is 5.26 Å². The molecular formula is C13H12ClN3O2. The molecule has 1 aromatic rings. The van der Waals surface area contributed by atoms with Gasteiger partial charge in [0.25, 0.3) is 0 Å². The molecule has 1 N–H and O–H groups in total. The first-order chi connectivity index (χ1) is 9.06. The number of carbonyl (C=O) groups excluding carboxylic acids is 2. The number of halogens is 1. The van der Waals surface area contributed by atoms with Crippen LogP contribution in [0.25, 0.3) is 0 Å². The summed E-state index contributed by atoms with van der Waals surface area (Å²) in [4.78, 5) is 23.9. The Kier molecular flexibility index (Phi) is 3.72. The molecule has 0 aromatic heterocycles. The average molecular weight is 278 g/mol. The van der Waals surface area contributed by atoms with Gasteiger partial charge in [-0.3, -0.25) is 9.59 Å². The van der Waals surface area contributed by atoms with Crippen LogP contribution in [-0.4, -0.2) is 30.3 Å². The van der Waals surface area contributed by atoms with Crippen LogP contribution in [0.1, 0.15) is 17.9 Å². The molecular weight excluding hydrogens is 266 g/mol. The van der Waals surface area contributed by atoms with Crippen LogP contribution in [0.2, 0.25) is 5.02 Å². The number of amides is 2. The van der Waals surface area contributed by atoms with Gasteiger partial charge in [0.1, 0.15) is 6.04 Å². The summed E-state index contributed by atoms with van der Waals surface area (Å²) in [6.07, 6.45) is 0.838. The second-order valence-electron chi connectivity index (χ2n) is 4.42. The third-order valence-corrected chi connectivity index (χ3v) is 3.46. The van der Waals surface area contributed by atoms with E-state index in [1.54, 1.807) is 18.2 Å². The van der Waals surface area contributed by atoms with Crippen molar-refractivity contribution in [1.82, 2.24) is 4.90 Å². The molecule has 2 atom stereocenters. The molecule has 2 amide bonds. The molecule has 0 bridgehead atoms. The Labute approximate surface area is 115 Å². The number of nitriles is 1. The van der Waals surface area contributed by atoms with Crippen LogP contribution in [0.4, 0.5) is 5.69 Å². The van der Waals surface area contributed by atoms with E-state index in [0.29, 0.717) is 17.1 Å². The van der Waals surface area contributed by atoms with E-state index in [9.17, 15) is 9.59 Å². The zero-order valence-electron chi connectivity index (χ0n) is 10.3. The molecule has 5 nitrogen and oxygen atoms in total. The SMILES string of the molecule is CN(C=O)C(C#N)CC1C(=O)Nc2ccc(Cl)cc21. The van der Waals surface area contributed by atoms with Crippen LogP contribution in [0.5, 0.6) is 0 Å². The lowest BCUT2D eigenvalue weighted by Gasteiger charge is -2.20. The Morgan fingerprint density at radius 3 is 3.00 bits per heavy atom. The number of rotatable bonds is 4. The van der Waals surface area contributed by atoms with E-state index in [0.717, 1.165) is 5.56 Å². The molecule has 1 aliphatic heterocycles. The van der Waals surface area contributed by atoms with E-state index >= 15 is 0 Å². The van der Waals surface area contributed by atoms with Crippen LogP contribution in [-0.2, 0) is 9.59 Å². The monoisotopic (exact) mass is 277 g/mol. The molecule has 0 spiro atoms. The first-order valence-corrected chi connectivity index (χ1v) is 6.11. The molecule has 1 heterocycles. The number of hydrogen-bond acceptors (Lipinski definition) is 3. The van der Waals surface area contributed by atoms with Gasteiger partial charge in [0.05, 0.1) is 12.0 Å². The minimum atomic E-state index is -0.641. The molecule has 0 saturated heterocycles. The maximum atomic E-state index is 11.9. The van der Waals surface area contributed by atoms with Gasteiger partial charge in [-0.1, -0.05) is 11.6 Å². The first kappa shape index (κ1) is 13.4. The summed E-state index contributed by atoms with van der Waals surface area (Å²) < 4.78 is 0. The highest BCUT2D eigenvalue weighted by atomic mass is 35.5. The minimum absolute atomic E-state index is 0.170. The Morgan fingerprint density at radius 2 is 2.37 bits per heavy atom. The molecule has 1 aromatic carbocycles. The second kappa shape index (κ2) is 5.29. The zero-order chi connectivity index (χ0) is 14.0. The summed E-state index contributed by atoms with van der Waals surface area (Å²) >= 11 is 5.93. The Bertz CT molecular complexity index is 567. The highest BCUT2D eigenvalue weighted by Crippen LogP contribution is 2.37. The second-order valence-corrected chi connectivity index (χ2v) is 4.86. The standard InChI is InChI=1S/C13H12ClN3O2/c1-17(7-18)9(6-15)5-11-10-4-8(14)2-3-12(10)16-13(11)19/h2-4,7,9,11H,5H2,1H3,(H,16,19). The number of nitrogens with zero attached hydrogens (tertiary/aromatic N) is 2. The van der Waals surface area contributed by atoms with Gasteiger partial charge in [-0.25, -0.2) is 0 Å². The first-order valence-electron chi connectivity index (χ1n) is 5.74. The Hall–Kier alpha value is -2.06. The maximum Gasteiger partial charge on any atom is 0.232 e. The predicted molar refractivity (Wildman–Crippen MR) is 70.7 cm³/mol. The third-order valence-electron chi connectivity index (χ3n) is 3.23. The van der Waals surface area contributed by atoms with E-state index in [1.807, 2.05) is 6.07 Å². The molecule has 0 aliphatic carbocycles. The van der Waals surface area contributed by atoms with Crippen molar-refractivity contribution >= 4 is 29.6 Å². The number of fused-ring (bicyclic) bond motifs is 1. The average Bonchev–Trinajstić information content (AvgIpc) is 2.70. The van der Waals surface area contributed by atoms with E-state index in [1.165, 1.54) is 11.9 Å². The summed E-state index contributed by atoms with van der Waals surface area (Å²) in [5, 5.41) is 12.4. The maximum absolute atomic E-state index is 11.9. The Balaban J connectivity index is 2.27. The predicted octanol–water partition coefficient (Wildman–Crippen LogP) is 1.75. The van der Waals surface area contributed by atoms with Crippen molar-refractivity contribution < 1.29 is 9.59 Å². The van der Waals surface area contributed by atoms with Crippen molar-refractivity contribution in [2.75, 3.05) is 12.4 Å². The lowest BCUT2D eigenvalue weighted by Crippen LogP contribution is -2.32. The lowest BCUT2D eigenvalue weighted by molar-refractivity contribution is -0.120. The number of carbonyl (C=O) groups is 2. The van der Waals surface area contributed by atoms with Crippen LogP contribution in [0, 0.1) is 11.3 Å². The Morgan fingerprint density at radius 1 is 1.63 bits per heavy atom. The van der Waals surface area contributed by atoms with E-state index in [4.69, 9.17) is 16.9 Å². The van der Waals surface area contributed by atoms with Crippen molar-refractivity contribution in [2.45, 2.75) is 18.4 Å². The summed E-state index contributed by atoms with van der Waals surface area (Å²) in [5.41, 5.74) is 1.49. The van der Waals surface area contributed by atoms with E-state index in [2.05, 4.69) is 5.32 Å². The van der Waals surface area contributed by atoms with Crippen molar-refractivity contribution in [3.63, 3.8) is 0 Å². The fraction of sp³-hybridized carbons (Fsp3) is 0.308. The number of hydrogen-bond donors (Lipinski definition) is 1. The van der Waals surface area contributed by atoms with Gasteiger partial charge in [0.15, 0.2) is 0 Å². The quantitative estimate of drug-likeness (QED) is 0.852. The van der Waals surface area contributed by atoms with Crippen molar-refractivity contribution in [1.29, 1.82) is 5.26 Å². The normalized spacial score (nSPS) is 18.2. The minimum Gasteiger partial charge on any atom is -0.332 e. The van der Waals surface area contributed by atoms with Crippen LogP contribution < -0.4 is 5.32 Å². The van der Waals surface area contributed by atoms with Gasteiger partial charge in [-0.05, 0) is 30.2 Å². The summed E-state index contributed by atoms with van der Waals surface area (Å²) in [6.45, 7) is 0. The zero-order valence-corrected chi connectivity index (χ0v) is 11.0. The molecule has 6 heteroatoms. The number of anilines is 1. The lowest BCUT2D eigenvalue weighted by atomic mass is 9.93. The molecule has 2 unspecified atom stereocenters. The van der Waals surface area contributed by atoms with Crippen molar-refractivity contribution in [3.05, 3.63) is 28.8 Å². The summed E-state index contributed by atoms with van der Waals surface area (Å²) in [6, 6.07) is 6.54. The van der Waals surface area contributed by atoms with Crippen LogP contribution in [0.15, 0.2) is 18.2 Å². The third kappa shape index (κ3) is 2.54. The van der Waals surface area contributed by atoms with Gasteiger partial charge in [-0.15, -0.1) is 0 Å². The van der Waals surface area contributed by atoms with Crippen LogP contribution >= 0.6 is 11.6 Å². The fourth-order valence-corrected chi connectivity index (χ4v) is 2.32. The highest BCUT2D eigenvalue weighted by molar-refractivity contribution is 6.31. The molecule has 98 valence electrons. The van der Waals surface area contributed by atoms with Gasteiger partial charge in [0.2, 0.25) is 12.3 Å². The van der Waals surface area contributed by atoms with Crippen LogP contribution in [0.3, 0.4) is 0 Å². The smallest absolute Gasteiger partial charge is 0.232 e. The summed E-state index contributed by atoms with van der Waals surface area (Å²) in [5.74, 6) is -0.627. The summed E-state index contributed by atoms with van der Waals surface area (Å²) in [7, 11) is 1.52. The number of benzene rings is 1. The molecule has 2 rings (SSSR count). The largest absolute Gasteiger partial charge is 0.332 e. The van der Waals surface area contributed by atoms with Gasteiger partial charge in [0, 0.05) is 17.8 Å². The molecule has 19 heavy (non-hydrogen) atoms. The topological polar surface area (TPSA) is 73.2 Å². The van der Waals surface area contributed by atoms with Crippen molar-refractivity contribution in [2.24, 2.45) is 0 Å². The molecule has 0 saturated carbocycles. The molecule has 1 aliphatic rings. The molecule has 0 radical (unpaired) electrons. The van der Waals surface area contributed by atoms with E-state index in [-0.39, 0.29) is 12.3 Å².